The smallest absolute Gasteiger partial charge is 0.119 e. The van der Waals surface area contributed by atoms with E-state index >= 15 is 0 Å². The molecule has 2 N–H and O–H groups in total. The summed E-state index contributed by atoms with van der Waals surface area (Å²) in [4.78, 5) is 0. The predicted octanol–water partition coefficient (Wildman–Crippen LogP) is 16.8. The molecule has 70 heavy (non-hydrogen) atoms. The second kappa shape index (κ2) is 17.3. The van der Waals surface area contributed by atoms with Crippen LogP contribution >= 0.6 is 0 Å². The molecule has 0 radical (unpaired) electrons. The van der Waals surface area contributed by atoms with Crippen LogP contribution in [0.2, 0.25) is 0 Å². The highest BCUT2D eigenvalue weighted by Gasteiger charge is 2.24. The van der Waals surface area contributed by atoms with Crippen molar-refractivity contribution in [3.8, 4) is 56.1 Å². The summed E-state index contributed by atoms with van der Waals surface area (Å²) < 4.78 is 4.75. The zero-order valence-electron chi connectivity index (χ0n) is 38.0. The Bertz CT molecular complexity index is 3680. The molecule has 0 unspecified atom stereocenters. The first-order valence-corrected chi connectivity index (χ1v) is 23.7. The summed E-state index contributed by atoms with van der Waals surface area (Å²) in [5.41, 5.74) is 17.8. The standard InChI is InChI=1S/C64H44N6/c1-5-21-43(22-6-1)53-41-47(69-57-33-17-13-29-49(57)50-30-14-18-34-58(50)69)37-39-55(53)65-63-61(45-25-9-3-10-26-45)67-68-62(46-27-11-4-12-28-46)64(63)66-56-40-38-48(42-54(56)44-23-7-2-8-24-44)70-59-35-19-15-31-51(59)52-32-16-20-36-60(52)70/h1-42H,(H,65,68)(H,66,67). The maximum Gasteiger partial charge on any atom is 0.119 e. The van der Waals surface area contributed by atoms with Crippen LogP contribution in [0.1, 0.15) is 0 Å². The number of para-hydroxylation sites is 4. The van der Waals surface area contributed by atoms with Crippen LogP contribution in [0.5, 0.6) is 0 Å². The zero-order valence-corrected chi connectivity index (χ0v) is 38.0. The fraction of sp³-hybridized carbons (Fsp3) is 0. The van der Waals surface area contributed by atoms with Crippen LogP contribution in [0.15, 0.2) is 255 Å². The number of hydrogen-bond acceptors (Lipinski definition) is 4. The molecular formula is C64H44N6. The number of nitrogens with zero attached hydrogens (tertiary/aromatic N) is 4. The van der Waals surface area contributed by atoms with E-state index < -0.39 is 0 Å². The van der Waals surface area contributed by atoms with E-state index in [1.807, 2.05) is 12.1 Å². The Balaban J connectivity index is 1.04. The van der Waals surface area contributed by atoms with Gasteiger partial charge in [0.2, 0.25) is 0 Å². The lowest BCUT2D eigenvalue weighted by molar-refractivity contribution is 1.05. The van der Waals surface area contributed by atoms with E-state index in [-0.39, 0.29) is 0 Å². The molecule has 330 valence electrons. The Morgan fingerprint density at radius 1 is 0.271 bits per heavy atom. The average molecular weight is 897 g/mol. The highest BCUT2D eigenvalue weighted by atomic mass is 15.2. The molecular weight excluding hydrogens is 853 g/mol. The van der Waals surface area contributed by atoms with Gasteiger partial charge < -0.3 is 19.8 Å². The quantitative estimate of drug-likeness (QED) is 0.144. The van der Waals surface area contributed by atoms with Crippen molar-refractivity contribution >= 4 is 66.4 Å². The van der Waals surface area contributed by atoms with E-state index in [9.17, 15) is 0 Å². The molecule has 13 aromatic rings. The minimum absolute atomic E-state index is 0.719. The van der Waals surface area contributed by atoms with Crippen LogP contribution in [0.3, 0.4) is 0 Å². The third kappa shape index (κ3) is 7.06. The van der Waals surface area contributed by atoms with Crippen LogP contribution in [-0.4, -0.2) is 19.3 Å². The van der Waals surface area contributed by atoms with E-state index in [2.05, 4.69) is 262 Å². The van der Waals surface area contributed by atoms with Crippen molar-refractivity contribution in [2.24, 2.45) is 0 Å². The summed E-state index contributed by atoms with van der Waals surface area (Å²) >= 11 is 0. The first-order valence-electron chi connectivity index (χ1n) is 23.7. The van der Waals surface area contributed by atoms with E-state index in [0.717, 1.165) is 101 Å². The zero-order chi connectivity index (χ0) is 46.4. The minimum Gasteiger partial charge on any atom is -0.351 e. The first kappa shape index (κ1) is 40.7. The first-order chi connectivity index (χ1) is 34.7. The van der Waals surface area contributed by atoms with Crippen LogP contribution in [0.4, 0.5) is 22.7 Å². The highest BCUT2D eigenvalue weighted by Crippen LogP contribution is 2.46. The van der Waals surface area contributed by atoms with Gasteiger partial charge in [0.25, 0.3) is 0 Å². The summed E-state index contributed by atoms with van der Waals surface area (Å²) in [5, 5.41) is 23.1. The van der Waals surface area contributed by atoms with Gasteiger partial charge in [0.15, 0.2) is 0 Å². The SMILES string of the molecule is c1ccc(-c2cc(-n3c4ccccc4c4ccccc43)ccc2Nc2c(-c3ccccc3)nnc(-c3ccccc3)c2Nc2ccc(-n3c4ccccc4c4ccccc43)cc2-c2ccccc2)cc1. The van der Waals surface area contributed by atoms with Gasteiger partial charge in [-0.3, -0.25) is 0 Å². The second-order valence-electron chi connectivity index (χ2n) is 17.6. The molecule has 0 aliphatic rings. The normalized spacial score (nSPS) is 11.4. The molecule has 0 aliphatic heterocycles. The fourth-order valence-electron chi connectivity index (χ4n) is 10.2. The number of nitrogens with one attached hydrogen (secondary N) is 2. The lowest BCUT2D eigenvalue weighted by Gasteiger charge is -2.23. The van der Waals surface area contributed by atoms with Crippen molar-refractivity contribution in [2.45, 2.75) is 0 Å². The molecule has 0 saturated heterocycles. The molecule has 0 fully saturated rings. The van der Waals surface area contributed by atoms with Crippen LogP contribution < -0.4 is 10.6 Å². The third-order valence-electron chi connectivity index (χ3n) is 13.4. The number of aromatic nitrogens is 4. The Labute approximate surface area is 405 Å². The van der Waals surface area contributed by atoms with Crippen molar-refractivity contribution in [1.82, 2.24) is 19.3 Å². The fourth-order valence-corrected chi connectivity index (χ4v) is 10.2. The van der Waals surface area contributed by atoms with Crippen molar-refractivity contribution in [2.75, 3.05) is 10.6 Å². The van der Waals surface area contributed by atoms with Gasteiger partial charge in [0.05, 0.1) is 33.4 Å². The summed E-state index contributed by atoms with van der Waals surface area (Å²) in [5.74, 6) is 0. The summed E-state index contributed by atoms with van der Waals surface area (Å²) in [6.45, 7) is 0. The van der Waals surface area contributed by atoms with E-state index in [1.54, 1.807) is 0 Å². The third-order valence-corrected chi connectivity index (χ3v) is 13.4. The van der Waals surface area contributed by atoms with Gasteiger partial charge in [-0.05, 0) is 71.8 Å². The van der Waals surface area contributed by atoms with Crippen LogP contribution in [0.25, 0.3) is 99.8 Å². The molecule has 13 rings (SSSR count). The van der Waals surface area contributed by atoms with Crippen molar-refractivity contribution in [3.05, 3.63) is 255 Å². The van der Waals surface area contributed by atoms with Gasteiger partial charge >= 0.3 is 0 Å². The summed E-state index contributed by atoms with van der Waals surface area (Å²) in [6, 6.07) is 90.0. The Hall–Kier alpha value is -9.52. The molecule has 0 saturated carbocycles. The molecule has 6 heteroatoms. The molecule has 0 amide bonds. The van der Waals surface area contributed by atoms with Gasteiger partial charge in [-0.25, -0.2) is 0 Å². The lowest BCUT2D eigenvalue weighted by Crippen LogP contribution is -2.08. The maximum absolute atomic E-state index is 5.08. The summed E-state index contributed by atoms with van der Waals surface area (Å²) in [7, 11) is 0. The second-order valence-corrected chi connectivity index (χ2v) is 17.6. The maximum atomic E-state index is 5.08. The van der Waals surface area contributed by atoms with Gasteiger partial charge in [-0.1, -0.05) is 194 Å². The number of fused-ring (bicyclic) bond motifs is 6. The largest absolute Gasteiger partial charge is 0.351 e. The highest BCUT2D eigenvalue weighted by molar-refractivity contribution is 6.11. The number of hydrogen-bond donors (Lipinski definition) is 2. The molecule has 0 spiro atoms. The average Bonchev–Trinajstić information content (AvgIpc) is 3.95. The van der Waals surface area contributed by atoms with E-state index in [0.29, 0.717) is 0 Å². The van der Waals surface area contributed by atoms with Crippen LogP contribution in [0, 0.1) is 0 Å². The minimum atomic E-state index is 0.719. The molecule has 3 aromatic heterocycles. The van der Waals surface area contributed by atoms with Crippen LogP contribution in [-0.2, 0) is 0 Å². The van der Waals surface area contributed by atoms with Gasteiger partial charge in [0, 0.05) is 66.5 Å². The van der Waals surface area contributed by atoms with E-state index in [4.69, 9.17) is 10.2 Å². The van der Waals surface area contributed by atoms with Gasteiger partial charge in [-0.2, -0.15) is 0 Å². The Kier molecular flexibility index (Phi) is 10.1. The predicted molar refractivity (Wildman–Crippen MR) is 292 cm³/mol. The van der Waals surface area contributed by atoms with Crippen molar-refractivity contribution < 1.29 is 0 Å². The monoisotopic (exact) mass is 896 g/mol. The van der Waals surface area contributed by atoms with E-state index in [1.165, 1.54) is 21.5 Å². The van der Waals surface area contributed by atoms with Crippen molar-refractivity contribution in [1.29, 1.82) is 0 Å². The Morgan fingerprint density at radius 3 is 0.886 bits per heavy atom. The molecule has 3 heterocycles. The number of anilines is 4. The molecule has 0 bridgehead atoms. The summed E-state index contributed by atoms with van der Waals surface area (Å²) in [6.07, 6.45) is 0. The topological polar surface area (TPSA) is 59.7 Å². The lowest BCUT2D eigenvalue weighted by atomic mass is 9.99. The van der Waals surface area contributed by atoms with Gasteiger partial charge in [-0.15, -0.1) is 10.2 Å². The molecule has 0 aliphatic carbocycles. The Morgan fingerprint density at radius 2 is 0.557 bits per heavy atom. The van der Waals surface area contributed by atoms with Gasteiger partial charge in [0.1, 0.15) is 11.4 Å². The molecule has 6 nitrogen and oxygen atoms in total. The van der Waals surface area contributed by atoms with Crippen molar-refractivity contribution in [3.63, 3.8) is 0 Å². The molecule has 0 atom stereocenters. The number of rotatable bonds is 10. The number of benzene rings is 10. The molecule has 10 aromatic carbocycles.